The standard InChI is InChI=1S/C12H14FN3/c1-14-7-6-12-15-8-9-16(12)11-4-2-10(13)3-5-11/h2-5,8-9,14H,6-7H2,1H3. The fraction of sp³-hybridized carbons (Fsp3) is 0.250. The monoisotopic (exact) mass is 219 g/mol. The lowest BCUT2D eigenvalue weighted by Gasteiger charge is -2.07. The first-order valence-corrected chi connectivity index (χ1v) is 5.24. The summed E-state index contributed by atoms with van der Waals surface area (Å²) in [4.78, 5) is 4.28. The average molecular weight is 219 g/mol. The van der Waals surface area contributed by atoms with Crippen LogP contribution < -0.4 is 5.32 Å². The molecule has 0 spiro atoms. The van der Waals surface area contributed by atoms with Crippen LogP contribution in [0.15, 0.2) is 36.7 Å². The molecule has 16 heavy (non-hydrogen) atoms. The Balaban J connectivity index is 2.26. The number of aromatic nitrogens is 2. The number of benzene rings is 1. The molecule has 1 heterocycles. The van der Waals surface area contributed by atoms with Crippen LogP contribution in [0.3, 0.4) is 0 Å². The van der Waals surface area contributed by atoms with Gasteiger partial charge in [-0.1, -0.05) is 0 Å². The molecule has 0 unspecified atom stereocenters. The van der Waals surface area contributed by atoms with Crippen LogP contribution in [0.5, 0.6) is 0 Å². The summed E-state index contributed by atoms with van der Waals surface area (Å²) in [5, 5.41) is 3.08. The van der Waals surface area contributed by atoms with Gasteiger partial charge in [0.1, 0.15) is 11.6 Å². The molecule has 2 rings (SSSR count). The maximum atomic E-state index is 12.8. The van der Waals surface area contributed by atoms with Crippen molar-refractivity contribution in [3.8, 4) is 5.69 Å². The molecular weight excluding hydrogens is 205 g/mol. The number of nitrogens with one attached hydrogen (secondary N) is 1. The third-order valence-corrected chi connectivity index (χ3v) is 2.42. The van der Waals surface area contributed by atoms with E-state index >= 15 is 0 Å². The van der Waals surface area contributed by atoms with Crippen molar-refractivity contribution in [2.24, 2.45) is 0 Å². The topological polar surface area (TPSA) is 29.9 Å². The zero-order chi connectivity index (χ0) is 11.4. The molecule has 0 amide bonds. The molecule has 1 N–H and O–H groups in total. The summed E-state index contributed by atoms with van der Waals surface area (Å²) in [6.07, 6.45) is 4.49. The van der Waals surface area contributed by atoms with E-state index in [0.717, 1.165) is 24.5 Å². The van der Waals surface area contributed by atoms with E-state index < -0.39 is 0 Å². The van der Waals surface area contributed by atoms with Crippen molar-refractivity contribution in [1.82, 2.24) is 14.9 Å². The molecule has 0 bridgehead atoms. The molecule has 0 aliphatic rings. The Morgan fingerprint density at radius 1 is 1.31 bits per heavy atom. The Kier molecular flexibility index (Phi) is 3.31. The normalized spacial score (nSPS) is 10.6. The van der Waals surface area contributed by atoms with E-state index in [1.807, 2.05) is 17.8 Å². The second-order valence-electron chi connectivity index (χ2n) is 3.54. The van der Waals surface area contributed by atoms with Gasteiger partial charge in [-0.25, -0.2) is 9.37 Å². The maximum Gasteiger partial charge on any atom is 0.123 e. The first-order valence-electron chi connectivity index (χ1n) is 5.24. The summed E-state index contributed by atoms with van der Waals surface area (Å²) in [5.41, 5.74) is 0.935. The van der Waals surface area contributed by atoms with Crippen LogP contribution >= 0.6 is 0 Å². The van der Waals surface area contributed by atoms with E-state index in [2.05, 4.69) is 10.3 Å². The number of halogens is 1. The highest BCUT2D eigenvalue weighted by atomic mass is 19.1. The number of likely N-dealkylation sites (N-methyl/N-ethyl adjacent to an activating group) is 1. The Bertz CT molecular complexity index is 448. The molecule has 1 aromatic carbocycles. The lowest BCUT2D eigenvalue weighted by atomic mass is 10.3. The summed E-state index contributed by atoms with van der Waals surface area (Å²) < 4.78 is 14.8. The first-order chi connectivity index (χ1) is 7.81. The van der Waals surface area contributed by atoms with Crippen LogP contribution in [0.2, 0.25) is 0 Å². The molecule has 0 aliphatic heterocycles. The molecular formula is C12H14FN3. The number of hydrogen-bond acceptors (Lipinski definition) is 2. The van der Waals surface area contributed by atoms with Crippen molar-refractivity contribution in [2.75, 3.05) is 13.6 Å². The van der Waals surface area contributed by atoms with Crippen LogP contribution in [-0.4, -0.2) is 23.1 Å². The molecule has 2 aromatic rings. The van der Waals surface area contributed by atoms with Gasteiger partial charge >= 0.3 is 0 Å². The second kappa shape index (κ2) is 4.90. The predicted molar refractivity (Wildman–Crippen MR) is 61.2 cm³/mol. The van der Waals surface area contributed by atoms with Crippen molar-refractivity contribution >= 4 is 0 Å². The number of rotatable bonds is 4. The van der Waals surface area contributed by atoms with Gasteiger partial charge in [-0.2, -0.15) is 0 Å². The van der Waals surface area contributed by atoms with E-state index in [4.69, 9.17) is 0 Å². The molecule has 0 radical (unpaired) electrons. The van der Waals surface area contributed by atoms with Crippen molar-refractivity contribution in [3.63, 3.8) is 0 Å². The highest BCUT2D eigenvalue weighted by Gasteiger charge is 2.04. The number of imidazole rings is 1. The molecule has 3 nitrogen and oxygen atoms in total. The van der Waals surface area contributed by atoms with E-state index in [0.29, 0.717) is 0 Å². The minimum absolute atomic E-state index is 0.222. The smallest absolute Gasteiger partial charge is 0.123 e. The average Bonchev–Trinajstić information content (AvgIpc) is 2.75. The Morgan fingerprint density at radius 3 is 2.75 bits per heavy atom. The Labute approximate surface area is 93.9 Å². The lowest BCUT2D eigenvalue weighted by molar-refractivity contribution is 0.627. The zero-order valence-corrected chi connectivity index (χ0v) is 9.15. The minimum atomic E-state index is -0.222. The molecule has 0 saturated carbocycles. The fourth-order valence-corrected chi connectivity index (χ4v) is 1.59. The molecule has 0 fully saturated rings. The van der Waals surface area contributed by atoms with Gasteiger partial charge in [0.15, 0.2) is 0 Å². The largest absolute Gasteiger partial charge is 0.319 e. The zero-order valence-electron chi connectivity index (χ0n) is 9.15. The number of nitrogens with zero attached hydrogens (tertiary/aromatic N) is 2. The molecule has 0 saturated heterocycles. The SMILES string of the molecule is CNCCc1nccn1-c1ccc(F)cc1. The van der Waals surface area contributed by atoms with E-state index in [1.165, 1.54) is 12.1 Å². The van der Waals surface area contributed by atoms with Gasteiger partial charge < -0.3 is 9.88 Å². The highest BCUT2D eigenvalue weighted by Crippen LogP contribution is 2.11. The van der Waals surface area contributed by atoms with Gasteiger partial charge in [-0.3, -0.25) is 0 Å². The summed E-state index contributed by atoms with van der Waals surface area (Å²) >= 11 is 0. The maximum absolute atomic E-state index is 12.8. The molecule has 4 heteroatoms. The summed E-state index contributed by atoms with van der Waals surface area (Å²) in [5.74, 6) is 0.751. The van der Waals surface area contributed by atoms with Crippen LogP contribution in [0.4, 0.5) is 4.39 Å². The number of hydrogen-bond donors (Lipinski definition) is 1. The molecule has 0 aliphatic carbocycles. The van der Waals surface area contributed by atoms with Gasteiger partial charge in [0.05, 0.1) is 0 Å². The van der Waals surface area contributed by atoms with Gasteiger partial charge in [-0.05, 0) is 31.3 Å². The summed E-state index contributed by atoms with van der Waals surface area (Å²) in [6.45, 7) is 0.873. The molecule has 0 atom stereocenters. The Morgan fingerprint density at radius 2 is 2.06 bits per heavy atom. The third-order valence-electron chi connectivity index (χ3n) is 2.42. The molecule has 84 valence electrons. The van der Waals surface area contributed by atoms with E-state index in [1.54, 1.807) is 18.3 Å². The van der Waals surface area contributed by atoms with E-state index in [9.17, 15) is 4.39 Å². The van der Waals surface area contributed by atoms with Crippen LogP contribution in [-0.2, 0) is 6.42 Å². The fourth-order valence-electron chi connectivity index (χ4n) is 1.59. The van der Waals surface area contributed by atoms with Crippen LogP contribution in [0, 0.1) is 5.82 Å². The van der Waals surface area contributed by atoms with Crippen LogP contribution in [0.1, 0.15) is 5.82 Å². The van der Waals surface area contributed by atoms with Crippen LogP contribution in [0.25, 0.3) is 5.69 Å². The van der Waals surface area contributed by atoms with Crippen molar-refractivity contribution in [1.29, 1.82) is 0 Å². The third kappa shape index (κ3) is 2.28. The van der Waals surface area contributed by atoms with Gasteiger partial charge in [0.25, 0.3) is 0 Å². The predicted octanol–water partition coefficient (Wildman–Crippen LogP) is 1.77. The van der Waals surface area contributed by atoms with Gasteiger partial charge in [-0.15, -0.1) is 0 Å². The van der Waals surface area contributed by atoms with Gasteiger partial charge in [0.2, 0.25) is 0 Å². The summed E-state index contributed by atoms with van der Waals surface area (Å²) in [7, 11) is 1.91. The second-order valence-corrected chi connectivity index (χ2v) is 3.54. The quantitative estimate of drug-likeness (QED) is 0.849. The Hall–Kier alpha value is -1.68. The van der Waals surface area contributed by atoms with E-state index in [-0.39, 0.29) is 5.82 Å². The van der Waals surface area contributed by atoms with Crippen molar-refractivity contribution in [3.05, 3.63) is 48.3 Å². The first kappa shape index (κ1) is 10.8. The lowest BCUT2D eigenvalue weighted by Crippen LogP contribution is -2.13. The van der Waals surface area contributed by atoms with Gasteiger partial charge in [0, 0.05) is 31.0 Å². The minimum Gasteiger partial charge on any atom is -0.319 e. The molecule has 1 aromatic heterocycles. The highest BCUT2D eigenvalue weighted by molar-refractivity contribution is 5.33. The van der Waals surface area contributed by atoms with Crippen molar-refractivity contribution < 1.29 is 4.39 Å². The summed E-state index contributed by atoms with van der Waals surface area (Å²) in [6, 6.07) is 6.41. The van der Waals surface area contributed by atoms with Crippen molar-refractivity contribution in [2.45, 2.75) is 6.42 Å².